The Balaban J connectivity index is 1.66. The largest absolute Gasteiger partial charge is 0.495 e. The summed E-state index contributed by atoms with van der Waals surface area (Å²) in [7, 11) is 5.53. The summed E-state index contributed by atoms with van der Waals surface area (Å²) in [6.07, 6.45) is 2.94. The van der Waals surface area contributed by atoms with Crippen LogP contribution in [0.4, 0.5) is 22.9 Å². The second-order valence-electron chi connectivity index (χ2n) is 6.01. The average molecular weight is 363 g/mol. The monoisotopic (exact) mass is 363 g/mol. The van der Waals surface area contributed by atoms with E-state index in [2.05, 4.69) is 20.6 Å². The molecule has 27 heavy (non-hydrogen) atoms. The van der Waals surface area contributed by atoms with E-state index in [-0.39, 0.29) is 11.6 Å². The van der Waals surface area contributed by atoms with Gasteiger partial charge in [0.2, 0.25) is 0 Å². The predicted molar refractivity (Wildman–Crippen MR) is 107 cm³/mol. The van der Waals surface area contributed by atoms with Crippen molar-refractivity contribution < 1.29 is 9.53 Å². The minimum Gasteiger partial charge on any atom is -0.495 e. The van der Waals surface area contributed by atoms with Crippen LogP contribution >= 0.6 is 0 Å². The first-order valence-electron chi connectivity index (χ1n) is 8.37. The molecule has 0 radical (unpaired) electrons. The summed E-state index contributed by atoms with van der Waals surface area (Å²) >= 11 is 0. The Kier molecular flexibility index (Phi) is 5.51. The first kappa shape index (κ1) is 18.2. The SMILES string of the molecule is COc1ccccc1Nc1cnc(C(=O)Nc2ccc(N(C)C)cc2)cn1. The van der Waals surface area contributed by atoms with Gasteiger partial charge in [-0.25, -0.2) is 9.97 Å². The van der Waals surface area contributed by atoms with Crippen molar-refractivity contribution in [3.05, 3.63) is 66.6 Å². The van der Waals surface area contributed by atoms with Gasteiger partial charge in [0.15, 0.2) is 0 Å². The lowest BCUT2D eigenvalue weighted by molar-refractivity contribution is 0.102. The van der Waals surface area contributed by atoms with Crippen LogP contribution < -0.4 is 20.3 Å². The number of aromatic nitrogens is 2. The van der Waals surface area contributed by atoms with Gasteiger partial charge in [-0.05, 0) is 36.4 Å². The van der Waals surface area contributed by atoms with Crippen LogP contribution in [-0.2, 0) is 0 Å². The summed E-state index contributed by atoms with van der Waals surface area (Å²) in [5.41, 5.74) is 2.76. The molecule has 0 saturated heterocycles. The Morgan fingerprint density at radius 1 is 1.00 bits per heavy atom. The van der Waals surface area contributed by atoms with Crippen molar-refractivity contribution >= 4 is 28.8 Å². The van der Waals surface area contributed by atoms with E-state index in [9.17, 15) is 4.79 Å². The summed E-state index contributed by atoms with van der Waals surface area (Å²) in [5.74, 6) is 0.901. The van der Waals surface area contributed by atoms with Crippen LogP contribution in [0.3, 0.4) is 0 Å². The standard InChI is InChI=1S/C20H21N5O2/c1-25(2)15-10-8-14(9-11-15)23-20(26)17-12-22-19(13-21-17)24-16-6-4-5-7-18(16)27-3/h4-13H,1-3H3,(H,22,24)(H,23,26). The van der Waals surface area contributed by atoms with Gasteiger partial charge in [0.1, 0.15) is 17.3 Å². The molecule has 1 heterocycles. The normalized spacial score (nSPS) is 10.2. The molecule has 1 amide bonds. The molecule has 0 saturated carbocycles. The molecule has 0 atom stereocenters. The van der Waals surface area contributed by atoms with E-state index in [0.29, 0.717) is 17.3 Å². The quantitative estimate of drug-likeness (QED) is 0.697. The maximum atomic E-state index is 12.3. The number of hydrogen-bond acceptors (Lipinski definition) is 6. The van der Waals surface area contributed by atoms with Crippen molar-refractivity contribution in [1.82, 2.24) is 9.97 Å². The van der Waals surface area contributed by atoms with Gasteiger partial charge in [-0.3, -0.25) is 4.79 Å². The van der Waals surface area contributed by atoms with E-state index in [0.717, 1.165) is 11.4 Å². The van der Waals surface area contributed by atoms with Crippen molar-refractivity contribution in [3.8, 4) is 5.75 Å². The molecule has 0 spiro atoms. The predicted octanol–water partition coefficient (Wildman–Crippen LogP) is 3.55. The van der Waals surface area contributed by atoms with Crippen molar-refractivity contribution in [2.45, 2.75) is 0 Å². The number of anilines is 4. The smallest absolute Gasteiger partial charge is 0.275 e. The molecule has 3 rings (SSSR count). The highest BCUT2D eigenvalue weighted by Crippen LogP contribution is 2.25. The fourth-order valence-corrected chi connectivity index (χ4v) is 2.43. The molecule has 138 valence electrons. The lowest BCUT2D eigenvalue weighted by Crippen LogP contribution is -2.14. The number of benzene rings is 2. The van der Waals surface area contributed by atoms with Gasteiger partial charge in [-0.2, -0.15) is 0 Å². The van der Waals surface area contributed by atoms with Crippen LogP contribution in [0.1, 0.15) is 10.5 Å². The first-order chi connectivity index (χ1) is 13.1. The number of rotatable bonds is 6. The van der Waals surface area contributed by atoms with Crippen LogP contribution in [-0.4, -0.2) is 37.1 Å². The summed E-state index contributed by atoms with van der Waals surface area (Å²) < 4.78 is 5.29. The van der Waals surface area contributed by atoms with Crippen molar-refractivity contribution in [2.24, 2.45) is 0 Å². The van der Waals surface area contributed by atoms with Crippen molar-refractivity contribution in [3.63, 3.8) is 0 Å². The Labute approximate surface area is 158 Å². The second-order valence-corrected chi connectivity index (χ2v) is 6.01. The van der Waals surface area contributed by atoms with Crippen LogP contribution in [0.2, 0.25) is 0 Å². The highest BCUT2D eigenvalue weighted by atomic mass is 16.5. The molecule has 0 bridgehead atoms. The molecular formula is C20H21N5O2. The van der Waals surface area contributed by atoms with Gasteiger partial charge in [0, 0.05) is 25.5 Å². The Hall–Kier alpha value is -3.61. The average Bonchev–Trinajstić information content (AvgIpc) is 2.69. The zero-order valence-electron chi connectivity index (χ0n) is 15.4. The first-order valence-corrected chi connectivity index (χ1v) is 8.37. The number of methoxy groups -OCH3 is 1. The van der Waals surface area contributed by atoms with E-state index in [4.69, 9.17) is 4.74 Å². The number of ether oxygens (including phenoxy) is 1. The third-order valence-corrected chi connectivity index (χ3v) is 3.90. The van der Waals surface area contributed by atoms with E-state index < -0.39 is 0 Å². The lowest BCUT2D eigenvalue weighted by Gasteiger charge is -2.13. The number of carbonyl (C=O) groups is 1. The molecular weight excluding hydrogens is 342 g/mol. The number of hydrogen-bond donors (Lipinski definition) is 2. The summed E-state index contributed by atoms with van der Waals surface area (Å²) in [4.78, 5) is 22.8. The molecule has 0 aliphatic heterocycles. The van der Waals surface area contributed by atoms with Gasteiger partial charge < -0.3 is 20.3 Å². The molecule has 0 unspecified atom stereocenters. The molecule has 3 aromatic rings. The fraction of sp³-hybridized carbons (Fsp3) is 0.150. The van der Waals surface area contributed by atoms with Gasteiger partial charge in [-0.15, -0.1) is 0 Å². The minimum atomic E-state index is -0.316. The lowest BCUT2D eigenvalue weighted by atomic mass is 10.2. The van der Waals surface area contributed by atoms with Crippen LogP contribution in [0.15, 0.2) is 60.9 Å². The number of nitrogens with one attached hydrogen (secondary N) is 2. The zero-order valence-corrected chi connectivity index (χ0v) is 15.4. The zero-order chi connectivity index (χ0) is 19.2. The van der Waals surface area contributed by atoms with Crippen molar-refractivity contribution in [2.75, 3.05) is 36.7 Å². The highest BCUT2D eigenvalue weighted by Gasteiger charge is 2.10. The molecule has 2 aromatic carbocycles. The Morgan fingerprint density at radius 2 is 1.74 bits per heavy atom. The van der Waals surface area contributed by atoms with Crippen LogP contribution in [0.25, 0.3) is 0 Å². The highest BCUT2D eigenvalue weighted by molar-refractivity contribution is 6.02. The molecule has 0 fully saturated rings. The van der Waals surface area contributed by atoms with E-state index in [1.54, 1.807) is 7.11 Å². The number of para-hydroxylation sites is 2. The van der Waals surface area contributed by atoms with Crippen LogP contribution in [0.5, 0.6) is 5.75 Å². The molecule has 2 N–H and O–H groups in total. The third-order valence-electron chi connectivity index (χ3n) is 3.90. The van der Waals surface area contributed by atoms with Crippen LogP contribution in [0, 0.1) is 0 Å². The molecule has 7 heteroatoms. The maximum absolute atomic E-state index is 12.3. The second kappa shape index (κ2) is 8.18. The van der Waals surface area contributed by atoms with Gasteiger partial charge in [0.25, 0.3) is 5.91 Å². The topological polar surface area (TPSA) is 79.4 Å². The molecule has 1 aromatic heterocycles. The van der Waals surface area contributed by atoms with Gasteiger partial charge in [0.05, 0.1) is 25.2 Å². The molecule has 7 nitrogen and oxygen atoms in total. The fourth-order valence-electron chi connectivity index (χ4n) is 2.43. The summed E-state index contributed by atoms with van der Waals surface area (Å²) in [6.45, 7) is 0. The number of amides is 1. The van der Waals surface area contributed by atoms with Gasteiger partial charge in [-0.1, -0.05) is 12.1 Å². The molecule has 0 aliphatic carbocycles. The van der Waals surface area contributed by atoms with Crippen molar-refractivity contribution in [1.29, 1.82) is 0 Å². The van der Waals surface area contributed by atoms with Gasteiger partial charge >= 0.3 is 0 Å². The Morgan fingerprint density at radius 3 is 2.37 bits per heavy atom. The summed E-state index contributed by atoms with van der Waals surface area (Å²) in [5, 5.41) is 5.93. The van der Waals surface area contributed by atoms with E-state index in [1.165, 1.54) is 12.4 Å². The molecule has 0 aliphatic rings. The summed E-state index contributed by atoms with van der Waals surface area (Å²) in [6, 6.07) is 15.0. The third kappa shape index (κ3) is 4.52. The Bertz CT molecular complexity index is 908. The number of carbonyl (C=O) groups excluding carboxylic acids is 1. The number of nitrogens with zero attached hydrogens (tertiary/aromatic N) is 3. The van der Waals surface area contributed by atoms with E-state index >= 15 is 0 Å². The maximum Gasteiger partial charge on any atom is 0.275 e. The van der Waals surface area contributed by atoms with E-state index in [1.807, 2.05) is 67.5 Å². The minimum absolute atomic E-state index is 0.234.